The van der Waals surface area contributed by atoms with Crippen LogP contribution in [0, 0.1) is 0 Å². The lowest BCUT2D eigenvalue weighted by atomic mass is 10.2. The van der Waals surface area contributed by atoms with Gasteiger partial charge in [-0.05, 0) is 19.1 Å². The molecule has 0 radical (unpaired) electrons. The number of sulfone groups is 1. The number of thioether (sulfide) groups is 1. The Balaban J connectivity index is 1.89. The van der Waals surface area contributed by atoms with E-state index < -0.39 is 9.84 Å². The third-order valence-corrected chi connectivity index (χ3v) is 5.11. The number of benzene rings is 1. The van der Waals surface area contributed by atoms with E-state index in [0.29, 0.717) is 18.1 Å². The first-order valence-electron chi connectivity index (χ1n) is 6.64. The Morgan fingerprint density at radius 2 is 2.00 bits per heavy atom. The van der Waals surface area contributed by atoms with Crippen LogP contribution in [0.15, 0.2) is 34.9 Å². The van der Waals surface area contributed by atoms with Crippen molar-refractivity contribution in [2.24, 2.45) is 0 Å². The maximum atomic E-state index is 11.1. The minimum atomic E-state index is -2.88. The third kappa shape index (κ3) is 5.17. The average Bonchev–Trinajstić information content (AvgIpc) is 2.93. The molecule has 0 amide bonds. The van der Waals surface area contributed by atoms with Gasteiger partial charge in [-0.3, -0.25) is 0 Å². The van der Waals surface area contributed by atoms with Gasteiger partial charge in [0.1, 0.15) is 9.84 Å². The molecule has 114 valence electrons. The van der Waals surface area contributed by atoms with Crippen LogP contribution in [0.1, 0.15) is 24.5 Å². The SMILES string of the molecule is C[C@H](SCCCS(C)(=O)=O)c1nc(-c2ccccc2)no1. The van der Waals surface area contributed by atoms with Crippen molar-refractivity contribution >= 4 is 21.6 Å². The van der Waals surface area contributed by atoms with Crippen molar-refractivity contribution in [3.63, 3.8) is 0 Å². The Morgan fingerprint density at radius 1 is 1.29 bits per heavy atom. The van der Waals surface area contributed by atoms with Crippen LogP contribution in [-0.2, 0) is 9.84 Å². The Morgan fingerprint density at radius 3 is 2.67 bits per heavy atom. The summed E-state index contributed by atoms with van der Waals surface area (Å²) < 4.78 is 27.4. The van der Waals surface area contributed by atoms with E-state index in [2.05, 4.69) is 10.1 Å². The number of aromatic nitrogens is 2. The molecule has 1 aromatic carbocycles. The third-order valence-electron chi connectivity index (χ3n) is 2.85. The molecule has 0 aliphatic rings. The van der Waals surface area contributed by atoms with Crippen LogP contribution in [0.2, 0.25) is 0 Å². The molecule has 21 heavy (non-hydrogen) atoms. The molecule has 2 aromatic rings. The van der Waals surface area contributed by atoms with Gasteiger partial charge >= 0.3 is 0 Å². The van der Waals surface area contributed by atoms with E-state index in [1.807, 2.05) is 37.3 Å². The summed E-state index contributed by atoms with van der Waals surface area (Å²) >= 11 is 1.62. The fourth-order valence-electron chi connectivity index (χ4n) is 1.76. The molecule has 1 heterocycles. The molecule has 1 aromatic heterocycles. The Labute approximate surface area is 129 Å². The second kappa shape index (κ2) is 7.09. The van der Waals surface area contributed by atoms with E-state index in [1.165, 1.54) is 6.26 Å². The summed E-state index contributed by atoms with van der Waals surface area (Å²) in [5, 5.41) is 4.03. The molecule has 0 bridgehead atoms. The van der Waals surface area contributed by atoms with Crippen LogP contribution in [0.5, 0.6) is 0 Å². The van der Waals surface area contributed by atoms with Gasteiger partial charge in [0.25, 0.3) is 0 Å². The van der Waals surface area contributed by atoms with E-state index in [-0.39, 0.29) is 11.0 Å². The van der Waals surface area contributed by atoms with Crippen molar-refractivity contribution in [1.29, 1.82) is 0 Å². The van der Waals surface area contributed by atoms with Crippen LogP contribution in [0.3, 0.4) is 0 Å². The molecule has 1 atom stereocenters. The first-order valence-corrected chi connectivity index (χ1v) is 9.75. The minimum Gasteiger partial charge on any atom is -0.338 e. The van der Waals surface area contributed by atoms with Crippen molar-refractivity contribution in [1.82, 2.24) is 10.1 Å². The molecule has 2 rings (SSSR count). The summed E-state index contributed by atoms with van der Waals surface area (Å²) in [6.45, 7) is 1.98. The number of hydrogen-bond acceptors (Lipinski definition) is 6. The molecule has 0 aliphatic heterocycles. The average molecular weight is 326 g/mol. The van der Waals surface area contributed by atoms with E-state index >= 15 is 0 Å². The van der Waals surface area contributed by atoms with Crippen molar-refractivity contribution in [2.45, 2.75) is 18.6 Å². The van der Waals surface area contributed by atoms with Gasteiger partial charge in [0, 0.05) is 11.8 Å². The summed E-state index contributed by atoms with van der Waals surface area (Å²) in [5.74, 6) is 2.11. The lowest BCUT2D eigenvalue weighted by Crippen LogP contribution is -2.04. The van der Waals surface area contributed by atoms with Crippen LogP contribution < -0.4 is 0 Å². The van der Waals surface area contributed by atoms with Crippen LogP contribution >= 0.6 is 11.8 Å². The van der Waals surface area contributed by atoms with E-state index in [9.17, 15) is 8.42 Å². The van der Waals surface area contributed by atoms with Crippen molar-refractivity contribution in [2.75, 3.05) is 17.8 Å². The molecule has 0 unspecified atom stereocenters. The molecule has 0 saturated carbocycles. The highest BCUT2D eigenvalue weighted by Crippen LogP contribution is 2.28. The zero-order valence-electron chi connectivity index (χ0n) is 12.0. The molecule has 0 spiro atoms. The highest BCUT2D eigenvalue weighted by atomic mass is 32.2. The largest absolute Gasteiger partial charge is 0.338 e. The summed E-state index contributed by atoms with van der Waals surface area (Å²) in [6, 6.07) is 9.64. The monoisotopic (exact) mass is 326 g/mol. The predicted molar refractivity (Wildman–Crippen MR) is 84.9 cm³/mol. The van der Waals surface area contributed by atoms with E-state index in [1.54, 1.807) is 11.8 Å². The molecule has 5 nitrogen and oxygen atoms in total. The lowest BCUT2D eigenvalue weighted by Gasteiger charge is -2.05. The van der Waals surface area contributed by atoms with Gasteiger partial charge < -0.3 is 4.52 Å². The highest BCUT2D eigenvalue weighted by molar-refractivity contribution is 7.99. The lowest BCUT2D eigenvalue weighted by molar-refractivity contribution is 0.381. The Hall–Kier alpha value is -1.34. The van der Waals surface area contributed by atoms with E-state index in [0.717, 1.165) is 11.3 Å². The first kappa shape index (κ1) is 16.0. The highest BCUT2D eigenvalue weighted by Gasteiger charge is 2.15. The van der Waals surface area contributed by atoms with E-state index in [4.69, 9.17) is 4.52 Å². The molecule has 0 N–H and O–H groups in total. The van der Waals surface area contributed by atoms with Gasteiger partial charge in [-0.25, -0.2) is 8.42 Å². The van der Waals surface area contributed by atoms with Gasteiger partial charge in [-0.15, -0.1) is 11.8 Å². The maximum Gasteiger partial charge on any atom is 0.239 e. The molecule has 0 aliphatic carbocycles. The van der Waals surface area contributed by atoms with Gasteiger partial charge in [0.05, 0.1) is 11.0 Å². The summed E-state index contributed by atoms with van der Waals surface area (Å²) in [7, 11) is -2.88. The summed E-state index contributed by atoms with van der Waals surface area (Å²) in [6.07, 6.45) is 1.89. The van der Waals surface area contributed by atoms with Crippen molar-refractivity contribution in [3.8, 4) is 11.4 Å². The zero-order valence-corrected chi connectivity index (χ0v) is 13.7. The number of hydrogen-bond donors (Lipinski definition) is 0. The summed E-state index contributed by atoms with van der Waals surface area (Å²) in [4.78, 5) is 4.39. The van der Waals surface area contributed by atoms with Crippen LogP contribution in [0.4, 0.5) is 0 Å². The van der Waals surface area contributed by atoms with Crippen LogP contribution in [-0.4, -0.2) is 36.3 Å². The topological polar surface area (TPSA) is 73.1 Å². The fraction of sp³-hybridized carbons (Fsp3) is 0.429. The van der Waals surface area contributed by atoms with Gasteiger partial charge in [-0.1, -0.05) is 35.5 Å². The smallest absolute Gasteiger partial charge is 0.239 e. The molecule has 0 saturated heterocycles. The normalized spacial score (nSPS) is 13.2. The van der Waals surface area contributed by atoms with Gasteiger partial charge in [0.15, 0.2) is 0 Å². The standard InChI is InChI=1S/C14H18N2O3S2/c1-11(20-9-6-10-21(2,17)18)14-15-13(16-19-14)12-7-4-3-5-8-12/h3-5,7-8,11H,6,9-10H2,1-2H3/t11-/m0/s1. The predicted octanol–water partition coefficient (Wildman–Crippen LogP) is 2.97. The van der Waals surface area contributed by atoms with Crippen molar-refractivity contribution in [3.05, 3.63) is 36.2 Å². The number of rotatable bonds is 7. The molecular formula is C14H18N2O3S2. The second-order valence-electron chi connectivity index (χ2n) is 4.82. The van der Waals surface area contributed by atoms with Gasteiger partial charge in [-0.2, -0.15) is 4.98 Å². The Bertz CT molecular complexity index is 669. The quantitative estimate of drug-likeness (QED) is 0.728. The zero-order chi connectivity index (χ0) is 15.3. The number of nitrogens with zero attached hydrogens (tertiary/aromatic N) is 2. The van der Waals surface area contributed by atoms with Gasteiger partial charge in [0.2, 0.25) is 11.7 Å². The van der Waals surface area contributed by atoms with Crippen LogP contribution in [0.25, 0.3) is 11.4 Å². The molecule has 0 fully saturated rings. The maximum absolute atomic E-state index is 11.1. The first-order chi connectivity index (χ1) is 9.96. The minimum absolute atomic E-state index is 0.0505. The molecular weight excluding hydrogens is 308 g/mol. The van der Waals surface area contributed by atoms with Crippen molar-refractivity contribution < 1.29 is 12.9 Å². The second-order valence-corrected chi connectivity index (χ2v) is 8.53. The molecule has 7 heteroatoms. The fourth-order valence-corrected chi connectivity index (χ4v) is 3.51. The summed E-state index contributed by atoms with van der Waals surface area (Å²) in [5.41, 5.74) is 0.918. The Kier molecular flexibility index (Phi) is 5.41.